The zero-order chi connectivity index (χ0) is 22.9. The topological polar surface area (TPSA) is 68.3 Å². The van der Waals surface area contributed by atoms with Crippen LogP contribution in [-0.2, 0) is 25.2 Å². The summed E-state index contributed by atoms with van der Waals surface area (Å²) < 4.78 is 55.1. The number of carbonyl (C=O) groups is 2. The van der Waals surface area contributed by atoms with E-state index in [2.05, 4.69) is 0 Å². The summed E-state index contributed by atoms with van der Waals surface area (Å²) in [7, 11) is 1.29. The van der Waals surface area contributed by atoms with E-state index in [1.807, 2.05) is 0 Å². The van der Waals surface area contributed by atoms with Crippen molar-refractivity contribution in [1.29, 1.82) is 0 Å². The van der Waals surface area contributed by atoms with Crippen LogP contribution in [0.1, 0.15) is 36.3 Å². The van der Waals surface area contributed by atoms with Crippen LogP contribution in [0.25, 0.3) is 0 Å². The molecule has 176 valence electrons. The van der Waals surface area contributed by atoms with Crippen molar-refractivity contribution in [2.45, 2.75) is 37.1 Å². The molecule has 1 aromatic carbocycles. The van der Waals surface area contributed by atoms with Gasteiger partial charge in [-0.1, -0.05) is 12.1 Å². The third kappa shape index (κ3) is 4.71. The van der Waals surface area contributed by atoms with Crippen LogP contribution in [0.2, 0.25) is 0 Å². The van der Waals surface area contributed by atoms with Crippen molar-refractivity contribution >= 4 is 12.0 Å². The Balaban J connectivity index is 1.47. The third-order valence-corrected chi connectivity index (χ3v) is 6.57. The first-order valence-corrected chi connectivity index (χ1v) is 10.8. The number of halogens is 3. The fourth-order valence-corrected chi connectivity index (χ4v) is 4.80. The Kier molecular flexibility index (Phi) is 6.35. The van der Waals surface area contributed by atoms with Gasteiger partial charge in [-0.25, -0.2) is 4.79 Å². The molecule has 3 saturated heterocycles. The molecule has 3 heterocycles. The molecule has 7 nitrogen and oxygen atoms in total. The van der Waals surface area contributed by atoms with E-state index in [-0.39, 0.29) is 18.5 Å². The Morgan fingerprint density at radius 3 is 2.22 bits per heavy atom. The Morgan fingerprint density at radius 1 is 1.03 bits per heavy atom. The predicted molar refractivity (Wildman–Crippen MR) is 107 cm³/mol. The monoisotopic (exact) mass is 456 g/mol. The summed E-state index contributed by atoms with van der Waals surface area (Å²) >= 11 is 0. The van der Waals surface area contributed by atoms with Gasteiger partial charge in [0.25, 0.3) is 0 Å². The molecule has 0 N–H and O–H groups in total. The van der Waals surface area contributed by atoms with Crippen LogP contribution in [0.5, 0.6) is 0 Å². The van der Waals surface area contributed by atoms with Crippen molar-refractivity contribution < 1.29 is 37.0 Å². The second kappa shape index (κ2) is 8.90. The highest BCUT2D eigenvalue weighted by Gasteiger charge is 2.43. The average Bonchev–Trinajstić information content (AvgIpc) is 3.25. The van der Waals surface area contributed by atoms with Gasteiger partial charge >= 0.3 is 18.2 Å². The Hall–Kier alpha value is -2.33. The lowest BCUT2D eigenvalue weighted by Gasteiger charge is -2.42. The van der Waals surface area contributed by atoms with Gasteiger partial charge in [0.15, 0.2) is 5.79 Å². The summed E-state index contributed by atoms with van der Waals surface area (Å²) in [5.74, 6) is -1.83. The quantitative estimate of drug-likeness (QED) is 0.640. The van der Waals surface area contributed by atoms with Gasteiger partial charge in [-0.2, -0.15) is 13.2 Å². The lowest BCUT2D eigenvalue weighted by Crippen LogP contribution is -2.54. The molecule has 0 bridgehead atoms. The fourth-order valence-electron chi connectivity index (χ4n) is 4.80. The number of benzene rings is 1. The molecule has 1 aromatic rings. The summed E-state index contributed by atoms with van der Waals surface area (Å²) in [5.41, 5.74) is -0.0668. The van der Waals surface area contributed by atoms with E-state index in [9.17, 15) is 22.8 Å². The van der Waals surface area contributed by atoms with Crippen molar-refractivity contribution in [3.8, 4) is 0 Å². The van der Waals surface area contributed by atoms with Crippen molar-refractivity contribution in [2.24, 2.45) is 5.92 Å². The standard InChI is InChI=1S/C22H27F3N2O5/c1-30-19(28)17-12-16(15-2-4-18(5-3-15)22(23,24)25)13-27(14-17)20(29)26-8-6-21(7-9-26)31-10-11-32-21/h2-5,16-17H,6-14H2,1H3. The van der Waals surface area contributed by atoms with Crippen LogP contribution in [0.3, 0.4) is 0 Å². The fraction of sp³-hybridized carbons (Fsp3) is 0.636. The van der Waals surface area contributed by atoms with Gasteiger partial charge in [-0.3, -0.25) is 4.79 Å². The van der Waals surface area contributed by atoms with Crippen molar-refractivity contribution in [3.63, 3.8) is 0 Å². The molecule has 0 aliphatic carbocycles. The highest BCUT2D eigenvalue weighted by molar-refractivity contribution is 5.78. The molecule has 3 aliphatic heterocycles. The molecule has 0 radical (unpaired) electrons. The summed E-state index contributed by atoms with van der Waals surface area (Å²) in [4.78, 5) is 28.9. The number of alkyl halides is 3. The first kappa shape index (κ1) is 22.8. The normalized spacial score (nSPS) is 25.8. The molecule has 2 amide bonds. The van der Waals surface area contributed by atoms with Crippen LogP contribution < -0.4 is 0 Å². The van der Waals surface area contributed by atoms with E-state index >= 15 is 0 Å². The number of hydrogen-bond acceptors (Lipinski definition) is 5. The maximum atomic E-state index is 13.2. The number of carbonyl (C=O) groups excluding carboxylic acids is 2. The molecular formula is C22H27F3N2O5. The van der Waals surface area contributed by atoms with E-state index in [1.165, 1.54) is 19.2 Å². The van der Waals surface area contributed by atoms with Crippen molar-refractivity contribution in [3.05, 3.63) is 35.4 Å². The molecule has 2 unspecified atom stereocenters. The van der Waals surface area contributed by atoms with Crippen LogP contribution in [-0.4, -0.2) is 74.1 Å². The molecule has 1 spiro atoms. The number of nitrogens with zero attached hydrogens (tertiary/aromatic N) is 2. The van der Waals surface area contributed by atoms with Crippen molar-refractivity contribution in [1.82, 2.24) is 9.80 Å². The van der Waals surface area contributed by atoms with E-state index in [1.54, 1.807) is 9.80 Å². The number of urea groups is 1. The second-order valence-corrected chi connectivity index (χ2v) is 8.55. The van der Waals surface area contributed by atoms with Crippen molar-refractivity contribution in [2.75, 3.05) is 46.5 Å². The maximum Gasteiger partial charge on any atom is 0.416 e. The van der Waals surface area contributed by atoms with Gasteiger partial charge < -0.3 is 24.0 Å². The van der Waals surface area contributed by atoms with E-state index in [0.29, 0.717) is 57.7 Å². The molecule has 0 saturated carbocycles. The summed E-state index contributed by atoms with van der Waals surface area (Å²) in [6, 6.07) is 4.73. The Morgan fingerprint density at radius 2 is 1.66 bits per heavy atom. The number of amides is 2. The Bertz CT molecular complexity index is 829. The molecule has 32 heavy (non-hydrogen) atoms. The van der Waals surface area contributed by atoms with E-state index in [4.69, 9.17) is 14.2 Å². The molecule has 4 rings (SSSR count). The number of likely N-dealkylation sites (tertiary alicyclic amines) is 2. The molecule has 3 fully saturated rings. The minimum atomic E-state index is -4.42. The van der Waals surface area contributed by atoms with Crippen LogP contribution >= 0.6 is 0 Å². The predicted octanol–water partition coefficient (Wildman–Crippen LogP) is 3.24. The average molecular weight is 456 g/mol. The lowest BCUT2D eigenvalue weighted by atomic mass is 9.84. The molecule has 0 aromatic heterocycles. The SMILES string of the molecule is COC(=O)C1CC(c2ccc(C(F)(F)F)cc2)CN(C(=O)N2CCC3(CC2)OCCO3)C1. The van der Waals surface area contributed by atoms with Gasteiger partial charge in [-0.15, -0.1) is 0 Å². The highest BCUT2D eigenvalue weighted by atomic mass is 19.4. The Labute approximate surface area is 184 Å². The maximum absolute atomic E-state index is 13.2. The number of rotatable bonds is 2. The van der Waals surface area contributed by atoms with Crippen LogP contribution in [0.4, 0.5) is 18.0 Å². The highest BCUT2D eigenvalue weighted by Crippen LogP contribution is 2.36. The minimum Gasteiger partial charge on any atom is -0.469 e. The third-order valence-electron chi connectivity index (χ3n) is 6.57. The van der Waals surface area contributed by atoms with Crippen LogP contribution in [0, 0.1) is 5.92 Å². The summed E-state index contributed by atoms with van der Waals surface area (Å²) in [6.45, 7) is 2.60. The number of hydrogen-bond donors (Lipinski definition) is 0. The van der Waals surface area contributed by atoms with Gasteiger partial charge in [0, 0.05) is 44.9 Å². The first-order valence-electron chi connectivity index (χ1n) is 10.8. The smallest absolute Gasteiger partial charge is 0.416 e. The second-order valence-electron chi connectivity index (χ2n) is 8.55. The minimum absolute atomic E-state index is 0.191. The zero-order valence-corrected chi connectivity index (χ0v) is 17.9. The molecule has 10 heteroatoms. The zero-order valence-electron chi connectivity index (χ0n) is 17.9. The summed E-state index contributed by atoms with van der Waals surface area (Å²) in [6.07, 6.45) is -2.85. The van der Waals surface area contributed by atoms with Crippen LogP contribution in [0.15, 0.2) is 24.3 Å². The van der Waals surface area contributed by atoms with Gasteiger partial charge in [-0.05, 0) is 24.1 Å². The molecule has 3 aliphatic rings. The van der Waals surface area contributed by atoms with E-state index < -0.39 is 29.4 Å². The number of methoxy groups -OCH3 is 1. The lowest BCUT2D eigenvalue weighted by molar-refractivity contribution is -0.182. The van der Waals surface area contributed by atoms with Gasteiger partial charge in [0.2, 0.25) is 0 Å². The van der Waals surface area contributed by atoms with E-state index in [0.717, 1.165) is 12.1 Å². The van der Waals surface area contributed by atoms with Gasteiger partial charge in [0.1, 0.15) is 0 Å². The molecule has 2 atom stereocenters. The number of piperidine rings is 2. The number of esters is 1. The number of ether oxygens (including phenoxy) is 3. The summed E-state index contributed by atoms with van der Waals surface area (Å²) in [5, 5.41) is 0. The molecular weight excluding hydrogens is 429 g/mol. The van der Waals surface area contributed by atoms with Gasteiger partial charge in [0.05, 0.1) is 31.8 Å². The first-order chi connectivity index (χ1) is 15.2. The largest absolute Gasteiger partial charge is 0.469 e.